The molecule has 1 aliphatic rings. The van der Waals surface area contributed by atoms with Gasteiger partial charge in [-0.15, -0.1) is 0 Å². The first-order chi connectivity index (χ1) is 11.6. The first kappa shape index (κ1) is 16.5. The summed E-state index contributed by atoms with van der Waals surface area (Å²) in [5, 5.41) is 2.91. The fourth-order valence-corrected chi connectivity index (χ4v) is 3.09. The highest BCUT2D eigenvalue weighted by atomic mass is 19.1. The highest BCUT2D eigenvalue weighted by Gasteiger charge is 2.14. The van der Waals surface area contributed by atoms with Crippen molar-refractivity contribution in [2.24, 2.45) is 0 Å². The van der Waals surface area contributed by atoms with Crippen molar-refractivity contribution in [1.82, 2.24) is 5.32 Å². The summed E-state index contributed by atoms with van der Waals surface area (Å²) in [7, 11) is 0. The molecule has 24 heavy (non-hydrogen) atoms. The number of hydrogen-bond donors (Lipinski definition) is 1. The number of carbonyl (C=O) groups is 1. The van der Waals surface area contributed by atoms with E-state index in [1.54, 1.807) is 12.1 Å². The van der Waals surface area contributed by atoms with Crippen molar-refractivity contribution in [3.05, 3.63) is 65.0 Å². The molecule has 1 atom stereocenters. The lowest BCUT2D eigenvalue weighted by molar-refractivity contribution is -0.123. The molecule has 4 heteroatoms. The second-order valence-corrected chi connectivity index (χ2v) is 6.24. The molecule has 0 bridgehead atoms. The predicted octanol–water partition coefficient (Wildman–Crippen LogP) is 3.96. The molecule has 0 aliphatic heterocycles. The molecule has 1 N–H and O–H groups in total. The van der Waals surface area contributed by atoms with Crippen LogP contribution >= 0.6 is 0 Å². The molecule has 2 aromatic carbocycles. The van der Waals surface area contributed by atoms with Gasteiger partial charge in [-0.3, -0.25) is 4.79 Å². The van der Waals surface area contributed by atoms with Crippen LogP contribution in [-0.4, -0.2) is 12.5 Å². The largest absolute Gasteiger partial charge is 0.481 e. The van der Waals surface area contributed by atoms with Crippen LogP contribution in [0.15, 0.2) is 42.5 Å². The van der Waals surface area contributed by atoms with Crippen LogP contribution in [-0.2, 0) is 17.6 Å². The number of para-hydroxylation sites is 1. The summed E-state index contributed by atoms with van der Waals surface area (Å²) in [5.41, 5.74) is 3.91. The number of ether oxygens (including phenoxy) is 1. The quantitative estimate of drug-likeness (QED) is 0.903. The Labute approximate surface area is 141 Å². The highest BCUT2D eigenvalue weighted by Crippen LogP contribution is 2.24. The van der Waals surface area contributed by atoms with Crippen LogP contribution in [0.1, 0.15) is 42.5 Å². The number of halogens is 1. The maximum absolute atomic E-state index is 13.5. The van der Waals surface area contributed by atoms with E-state index in [2.05, 4.69) is 23.5 Å². The van der Waals surface area contributed by atoms with Crippen molar-refractivity contribution >= 4 is 5.91 Å². The maximum Gasteiger partial charge on any atom is 0.258 e. The Hall–Kier alpha value is -2.36. The van der Waals surface area contributed by atoms with E-state index >= 15 is 0 Å². The van der Waals surface area contributed by atoms with Gasteiger partial charge in [-0.25, -0.2) is 4.39 Å². The average molecular weight is 327 g/mol. The normalized spacial score (nSPS) is 14.6. The maximum atomic E-state index is 13.5. The SMILES string of the molecule is CC(NC(=O)COc1ccccc1F)c1ccc2c(c1)CCCC2. The lowest BCUT2D eigenvalue weighted by atomic mass is 9.89. The van der Waals surface area contributed by atoms with E-state index in [0.717, 1.165) is 18.4 Å². The molecule has 3 rings (SSSR count). The second kappa shape index (κ2) is 7.47. The summed E-state index contributed by atoms with van der Waals surface area (Å²) >= 11 is 0. The average Bonchev–Trinajstić information content (AvgIpc) is 2.60. The summed E-state index contributed by atoms with van der Waals surface area (Å²) in [4.78, 5) is 12.0. The summed E-state index contributed by atoms with van der Waals surface area (Å²) in [6.07, 6.45) is 4.74. The van der Waals surface area contributed by atoms with E-state index in [9.17, 15) is 9.18 Å². The number of carbonyl (C=O) groups excluding carboxylic acids is 1. The van der Waals surface area contributed by atoms with E-state index in [1.165, 1.54) is 36.1 Å². The van der Waals surface area contributed by atoms with Gasteiger partial charge in [0.1, 0.15) is 0 Å². The van der Waals surface area contributed by atoms with Gasteiger partial charge < -0.3 is 10.1 Å². The Morgan fingerprint density at radius 2 is 1.92 bits per heavy atom. The molecule has 0 saturated heterocycles. The van der Waals surface area contributed by atoms with Gasteiger partial charge in [-0.1, -0.05) is 30.3 Å². The van der Waals surface area contributed by atoms with Crippen molar-refractivity contribution in [2.45, 2.75) is 38.6 Å². The monoisotopic (exact) mass is 327 g/mol. The third kappa shape index (κ3) is 3.94. The Bertz CT molecular complexity index is 729. The Morgan fingerprint density at radius 1 is 1.17 bits per heavy atom. The van der Waals surface area contributed by atoms with Crippen LogP contribution in [0.5, 0.6) is 5.75 Å². The standard InChI is InChI=1S/C20H22FNO2/c1-14(16-11-10-15-6-2-3-7-17(15)12-16)22-20(23)13-24-19-9-5-4-8-18(19)21/h4-5,8-12,14H,2-3,6-7,13H2,1H3,(H,22,23). The summed E-state index contributed by atoms with van der Waals surface area (Å²) in [6, 6.07) is 12.4. The van der Waals surface area contributed by atoms with Gasteiger partial charge in [0.25, 0.3) is 5.91 Å². The third-order valence-electron chi connectivity index (χ3n) is 4.45. The highest BCUT2D eigenvalue weighted by molar-refractivity contribution is 5.78. The van der Waals surface area contributed by atoms with Crippen LogP contribution in [0, 0.1) is 5.82 Å². The van der Waals surface area contributed by atoms with Crippen LogP contribution < -0.4 is 10.1 Å². The lowest BCUT2D eigenvalue weighted by Gasteiger charge is -2.20. The van der Waals surface area contributed by atoms with Gasteiger partial charge in [0.2, 0.25) is 0 Å². The molecule has 1 unspecified atom stereocenters. The summed E-state index contributed by atoms with van der Waals surface area (Å²) in [6.45, 7) is 1.75. The van der Waals surface area contributed by atoms with Crippen LogP contribution in [0.2, 0.25) is 0 Å². The third-order valence-corrected chi connectivity index (χ3v) is 4.45. The molecule has 1 amide bonds. The summed E-state index contributed by atoms with van der Waals surface area (Å²) in [5.74, 6) is -0.634. The fourth-order valence-electron chi connectivity index (χ4n) is 3.09. The smallest absolute Gasteiger partial charge is 0.258 e. The molecule has 0 heterocycles. The number of fused-ring (bicyclic) bond motifs is 1. The van der Waals surface area contributed by atoms with E-state index in [4.69, 9.17) is 4.74 Å². The number of nitrogens with one attached hydrogen (secondary N) is 1. The number of hydrogen-bond acceptors (Lipinski definition) is 2. The topological polar surface area (TPSA) is 38.3 Å². The Kier molecular flexibility index (Phi) is 5.14. The van der Waals surface area contributed by atoms with Crippen LogP contribution in [0.25, 0.3) is 0 Å². The molecule has 0 spiro atoms. The van der Waals surface area contributed by atoms with E-state index in [1.807, 2.05) is 6.92 Å². The molecule has 126 valence electrons. The first-order valence-corrected chi connectivity index (χ1v) is 8.42. The zero-order chi connectivity index (χ0) is 16.9. The van der Waals surface area contributed by atoms with Gasteiger partial charge in [-0.05, 0) is 61.4 Å². The van der Waals surface area contributed by atoms with Crippen LogP contribution in [0.3, 0.4) is 0 Å². The zero-order valence-corrected chi connectivity index (χ0v) is 13.8. The zero-order valence-electron chi connectivity index (χ0n) is 13.8. The van der Waals surface area contributed by atoms with Gasteiger partial charge in [0.15, 0.2) is 18.2 Å². The van der Waals surface area contributed by atoms with Crippen molar-refractivity contribution < 1.29 is 13.9 Å². The number of benzene rings is 2. The van der Waals surface area contributed by atoms with Crippen molar-refractivity contribution in [3.8, 4) is 5.75 Å². The lowest BCUT2D eigenvalue weighted by Crippen LogP contribution is -2.31. The second-order valence-electron chi connectivity index (χ2n) is 6.24. The molecule has 0 aromatic heterocycles. The molecule has 0 radical (unpaired) electrons. The van der Waals surface area contributed by atoms with E-state index in [-0.39, 0.29) is 24.3 Å². The number of amides is 1. The van der Waals surface area contributed by atoms with Gasteiger partial charge in [0.05, 0.1) is 6.04 Å². The fraction of sp³-hybridized carbons (Fsp3) is 0.350. The van der Waals surface area contributed by atoms with E-state index < -0.39 is 5.82 Å². The van der Waals surface area contributed by atoms with Crippen LogP contribution in [0.4, 0.5) is 4.39 Å². The minimum absolute atomic E-state index is 0.0917. The number of aryl methyl sites for hydroxylation is 2. The molecule has 0 saturated carbocycles. The number of rotatable bonds is 5. The van der Waals surface area contributed by atoms with Gasteiger partial charge in [-0.2, -0.15) is 0 Å². The molecule has 2 aromatic rings. The predicted molar refractivity (Wildman–Crippen MR) is 91.5 cm³/mol. The minimum Gasteiger partial charge on any atom is -0.481 e. The van der Waals surface area contributed by atoms with Crippen molar-refractivity contribution in [1.29, 1.82) is 0 Å². The molecule has 0 fully saturated rings. The minimum atomic E-state index is -0.465. The van der Waals surface area contributed by atoms with Gasteiger partial charge in [0, 0.05) is 0 Å². The van der Waals surface area contributed by atoms with Crippen molar-refractivity contribution in [3.63, 3.8) is 0 Å². The molecular formula is C20H22FNO2. The first-order valence-electron chi connectivity index (χ1n) is 8.42. The van der Waals surface area contributed by atoms with Gasteiger partial charge >= 0.3 is 0 Å². The summed E-state index contributed by atoms with van der Waals surface area (Å²) < 4.78 is 18.7. The van der Waals surface area contributed by atoms with E-state index in [0.29, 0.717) is 0 Å². The van der Waals surface area contributed by atoms with Crippen molar-refractivity contribution in [2.75, 3.05) is 6.61 Å². The molecule has 1 aliphatic carbocycles. The Morgan fingerprint density at radius 3 is 2.71 bits per heavy atom. The Balaban J connectivity index is 1.57. The molecular weight excluding hydrogens is 305 g/mol. The molecule has 3 nitrogen and oxygen atoms in total.